The van der Waals surface area contributed by atoms with Crippen molar-refractivity contribution >= 4 is 34.6 Å². The van der Waals surface area contributed by atoms with Crippen molar-refractivity contribution in [3.8, 4) is 0 Å². The number of amides is 1. The van der Waals surface area contributed by atoms with Gasteiger partial charge in [-0.25, -0.2) is 4.79 Å². The summed E-state index contributed by atoms with van der Waals surface area (Å²) >= 11 is 1.69. The van der Waals surface area contributed by atoms with Crippen LogP contribution in [-0.2, 0) is 33.6 Å². The van der Waals surface area contributed by atoms with E-state index in [0.29, 0.717) is 18.9 Å². The van der Waals surface area contributed by atoms with E-state index in [1.807, 2.05) is 0 Å². The molecule has 1 atom stereocenters. The zero-order chi connectivity index (χ0) is 18.1. The summed E-state index contributed by atoms with van der Waals surface area (Å²) in [7, 11) is 0. The van der Waals surface area contributed by atoms with Crippen LogP contribution < -0.4 is 0 Å². The number of hydrogen-bond donors (Lipinski definition) is 0. The van der Waals surface area contributed by atoms with Crippen LogP contribution in [0.3, 0.4) is 0 Å². The van der Waals surface area contributed by atoms with Gasteiger partial charge in [-0.15, -0.1) is 0 Å². The van der Waals surface area contributed by atoms with Crippen LogP contribution in [0.4, 0.5) is 0 Å². The molecule has 4 rings (SSSR count). The third kappa shape index (κ3) is 3.22. The van der Waals surface area contributed by atoms with Gasteiger partial charge in [-0.05, 0) is 49.4 Å². The standard InChI is InChI=1S/C20H23NO4S/c1-2-24-20(23)17-12-26-7-6-21(17)19(22)10-15-11-25-18-9-14-5-3-4-13(14)8-16(15)18/h8-9,11,17H,2-7,10,12H2,1H3. The smallest absolute Gasteiger partial charge is 0.329 e. The second kappa shape index (κ2) is 7.35. The first-order chi connectivity index (χ1) is 12.7. The molecule has 1 saturated heterocycles. The Kier molecular flexibility index (Phi) is 4.94. The average Bonchev–Trinajstić information content (AvgIpc) is 3.26. The predicted octanol–water partition coefficient (Wildman–Crippen LogP) is 2.97. The number of ether oxygens (including phenoxy) is 1. The Morgan fingerprint density at radius 2 is 2.12 bits per heavy atom. The molecule has 6 heteroatoms. The SMILES string of the molecule is CCOC(=O)C1CSCCN1C(=O)Cc1coc2cc3c(cc12)CCC3. The molecule has 1 aromatic heterocycles. The summed E-state index contributed by atoms with van der Waals surface area (Å²) in [4.78, 5) is 26.8. The summed E-state index contributed by atoms with van der Waals surface area (Å²) in [5.74, 6) is 1.11. The fraction of sp³-hybridized carbons (Fsp3) is 0.500. The zero-order valence-corrected chi connectivity index (χ0v) is 15.8. The summed E-state index contributed by atoms with van der Waals surface area (Å²) in [5, 5.41) is 1.03. The van der Waals surface area contributed by atoms with Gasteiger partial charge >= 0.3 is 5.97 Å². The monoisotopic (exact) mass is 373 g/mol. The number of fused-ring (bicyclic) bond motifs is 2. The van der Waals surface area contributed by atoms with Crippen molar-refractivity contribution in [2.75, 3.05) is 24.7 Å². The maximum Gasteiger partial charge on any atom is 0.329 e. The molecule has 26 heavy (non-hydrogen) atoms. The molecule has 2 aromatic rings. The zero-order valence-electron chi connectivity index (χ0n) is 15.0. The van der Waals surface area contributed by atoms with E-state index < -0.39 is 6.04 Å². The molecule has 1 aromatic carbocycles. The molecule has 2 heterocycles. The van der Waals surface area contributed by atoms with E-state index in [-0.39, 0.29) is 18.3 Å². The van der Waals surface area contributed by atoms with Crippen LogP contribution in [0.25, 0.3) is 11.0 Å². The van der Waals surface area contributed by atoms with Crippen LogP contribution in [0.2, 0.25) is 0 Å². The lowest BCUT2D eigenvalue weighted by Crippen LogP contribution is -2.51. The minimum absolute atomic E-state index is 0.0356. The van der Waals surface area contributed by atoms with Gasteiger partial charge in [0.25, 0.3) is 0 Å². The maximum absolute atomic E-state index is 12.9. The Bertz CT molecular complexity index is 844. The first-order valence-corrected chi connectivity index (χ1v) is 10.4. The summed E-state index contributed by atoms with van der Waals surface area (Å²) in [5.41, 5.74) is 4.48. The molecule has 1 unspecified atom stereocenters. The van der Waals surface area contributed by atoms with E-state index in [1.54, 1.807) is 29.8 Å². The van der Waals surface area contributed by atoms with Crippen LogP contribution in [0.5, 0.6) is 0 Å². The molecule has 138 valence electrons. The normalized spacial score (nSPS) is 19.6. The third-order valence-electron chi connectivity index (χ3n) is 5.22. The average molecular weight is 373 g/mol. The topological polar surface area (TPSA) is 59.8 Å². The molecule has 0 spiro atoms. The van der Waals surface area contributed by atoms with Crippen molar-refractivity contribution in [2.45, 2.75) is 38.6 Å². The summed E-state index contributed by atoms with van der Waals surface area (Å²) in [6.45, 7) is 2.70. The van der Waals surface area contributed by atoms with Crippen LogP contribution in [-0.4, -0.2) is 47.5 Å². The highest BCUT2D eigenvalue weighted by Gasteiger charge is 2.33. The number of rotatable bonds is 4. The van der Waals surface area contributed by atoms with Gasteiger partial charge in [0.05, 0.1) is 19.3 Å². The van der Waals surface area contributed by atoms with Gasteiger partial charge in [-0.2, -0.15) is 11.8 Å². The fourth-order valence-corrected chi connectivity index (χ4v) is 4.92. The van der Waals surface area contributed by atoms with Crippen molar-refractivity contribution in [1.82, 2.24) is 4.90 Å². The Labute approximate surface area is 157 Å². The fourth-order valence-electron chi connectivity index (χ4n) is 3.89. The third-order valence-corrected chi connectivity index (χ3v) is 6.24. The van der Waals surface area contributed by atoms with Gasteiger partial charge in [0.2, 0.25) is 5.91 Å². The molecule has 1 aliphatic carbocycles. The van der Waals surface area contributed by atoms with E-state index in [0.717, 1.165) is 35.1 Å². The van der Waals surface area contributed by atoms with Gasteiger partial charge in [0, 0.05) is 29.0 Å². The Morgan fingerprint density at radius 1 is 1.31 bits per heavy atom. The second-order valence-electron chi connectivity index (χ2n) is 6.84. The van der Waals surface area contributed by atoms with Crippen molar-refractivity contribution in [3.05, 3.63) is 35.1 Å². The number of furan rings is 1. The molecule has 1 aliphatic heterocycles. The lowest BCUT2D eigenvalue weighted by molar-refractivity contribution is -0.153. The largest absolute Gasteiger partial charge is 0.464 e. The number of nitrogens with zero attached hydrogens (tertiary/aromatic N) is 1. The molecular weight excluding hydrogens is 350 g/mol. The molecule has 0 N–H and O–H groups in total. The van der Waals surface area contributed by atoms with Gasteiger partial charge in [0.15, 0.2) is 0 Å². The number of thioether (sulfide) groups is 1. The van der Waals surface area contributed by atoms with Crippen molar-refractivity contribution in [3.63, 3.8) is 0 Å². The van der Waals surface area contributed by atoms with Crippen molar-refractivity contribution in [2.24, 2.45) is 0 Å². The Balaban J connectivity index is 1.55. The maximum atomic E-state index is 12.9. The van der Waals surface area contributed by atoms with Crippen molar-refractivity contribution < 1.29 is 18.7 Å². The first-order valence-electron chi connectivity index (χ1n) is 9.23. The van der Waals surface area contributed by atoms with Gasteiger partial charge in [0.1, 0.15) is 11.6 Å². The van der Waals surface area contributed by atoms with Crippen LogP contribution >= 0.6 is 11.8 Å². The molecule has 2 aliphatic rings. The van der Waals surface area contributed by atoms with Crippen molar-refractivity contribution in [1.29, 1.82) is 0 Å². The summed E-state index contributed by atoms with van der Waals surface area (Å²) in [6.07, 6.45) is 5.33. The lowest BCUT2D eigenvalue weighted by Gasteiger charge is -2.33. The summed E-state index contributed by atoms with van der Waals surface area (Å²) in [6, 6.07) is 3.81. The number of carbonyl (C=O) groups is 2. The van der Waals surface area contributed by atoms with E-state index >= 15 is 0 Å². The first kappa shape index (κ1) is 17.5. The number of aryl methyl sites for hydroxylation is 2. The lowest BCUT2D eigenvalue weighted by atomic mass is 10.0. The van der Waals surface area contributed by atoms with Crippen LogP contribution in [0, 0.1) is 0 Å². The number of benzene rings is 1. The molecule has 1 fully saturated rings. The molecule has 0 bridgehead atoms. The number of esters is 1. The highest BCUT2D eigenvalue weighted by atomic mass is 32.2. The highest BCUT2D eigenvalue weighted by Crippen LogP contribution is 2.31. The molecule has 5 nitrogen and oxygen atoms in total. The Morgan fingerprint density at radius 3 is 2.92 bits per heavy atom. The molecule has 0 radical (unpaired) electrons. The quantitative estimate of drug-likeness (QED) is 0.771. The number of hydrogen-bond acceptors (Lipinski definition) is 5. The van der Waals surface area contributed by atoms with Gasteiger partial charge < -0.3 is 14.1 Å². The summed E-state index contributed by atoms with van der Waals surface area (Å²) < 4.78 is 10.9. The minimum atomic E-state index is -0.483. The van der Waals surface area contributed by atoms with E-state index in [2.05, 4.69) is 12.1 Å². The van der Waals surface area contributed by atoms with Crippen LogP contribution in [0.1, 0.15) is 30.0 Å². The predicted molar refractivity (Wildman–Crippen MR) is 101 cm³/mol. The van der Waals surface area contributed by atoms with Gasteiger partial charge in [-0.1, -0.05) is 0 Å². The highest BCUT2D eigenvalue weighted by molar-refractivity contribution is 7.99. The van der Waals surface area contributed by atoms with E-state index in [4.69, 9.17) is 9.15 Å². The van der Waals surface area contributed by atoms with Crippen LogP contribution in [0.15, 0.2) is 22.8 Å². The van der Waals surface area contributed by atoms with E-state index in [1.165, 1.54) is 17.5 Å². The second-order valence-corrected chi connectivity index (χ2v) is 7.99. The molecule has 0 saturated carbocycles. The minimum Gasteiger partial charge on any atom is -0.464 e. The van der Waals surface area contributed by atoms with Gasteiger partial charge in [-0.3, -0.25) is 4.79 Å². The number of carbonyl (C=O) groups excluding carboxylic acids is 2. The molecule has 1 amide bonds. The Hall–Kier alpha value is -1.95. The van der Waals surface area contributed by atoms with E-state index in [9.17, 15) is 9.59 Å². The molecular formula is C20H23NO4S.